The first-order valence-corrected chi connectivity index (χ1v) is 7.55. The zero-order valence-corrected chi connectivity index (χ0v) is 13.3. The quantitative estimate of drug-likeness (QED) is 0.733. The lowest BCUT2D eigenvalue weighted by molar-refractivity contribution is -0.152. The highest BCUT2D eigenvalue weighted by Crippen LogP contribution is 2.44. The summed E-state index contributed by atoms with van der Waals surface area (Å²) in [4.78, 5) is 25.7. The van der Waals surface area contributed by atoms with Gasteiger partial charge in [0.15, 0.2) is 6.10 Å². The van der Waals surface area contributed by atoms with E-state index in [0.29, 0.717) is 6.61 Å². The Morgan fingerprint density at radius 3 is 2.38 bits per heavy atom. The molecule has 6 nitrogen and oxygen atoms in total. The summed E-state index contributed by atoms with van der Waals surface area (Å²) in [6.07, 6.45) is 3.44. The number of hydrogen-bond acceptors (Lipinski definition) is 5. The molecule has 2 rings (SSSR count). The molecular weight excluding hydrogens is 274 g/mol. The summed E-state index contributed by atoms with van der Waals surface area (Å²) >= 11 is 0. The molecule has 1 saturated carbocycles. The number of amides is 1. The number of carbonyl (C=O) groups is 2. The fourth-order valence-electron chi connectivity index (χ4n) is 3.30. The van der Waals surface area contributed by atoms with Crippen LogP contribution in [0.25, 0.3) is 0 Å². The second-order valence-electron chi connectivity index (χ2n) is 6.49. The average Bonchev–Trinajstić information content (AvgIpc) is 2.69. The van der Waals surface area contributed by atoms with Crippen molar-refractivity contribution in [3.63, 3.8) is 0 Å². The molecule has 0 aromatic carbocycles. The molecule has 0 N–H and O–H groups in total. The van der Waals surface area contributed by atoms with Gasteiger partial charge in [0.2, 0.25) is 0 Å². The standard InChI is InChI=1S/C15H25NO5/c1-11(12(17)19-4)21-13(18)16-14(2,3)10-20-15(16)8-6-5-7-9-15/h11H,5-10H2,1-4H3/t11-/m1/s1. The molecule has 1 amide bonds. The van der Waals surface area contributed by atoms with Crippen molar-refractivity contribution in [3.8, 4) is 0 Å². The lowest BCUT2D eigenvalue weighted by Crippen LogP contribution is -2.57. The molecule has 6 heteroatoms. The molecule has 21 heavy (non-hydrogen) atoms. The number of nitrogens with zero attached hydrogens (tertiary/aromatic N) is 1. The van der Waals surface area contributed by atoms with Gasteiger partial charge in [0, 0.05) is 0 Å². The van der Waals surface area contributed by atoms with Gasteiger partial charge in [0.05, 0.1) is 19.3 Å². The average molecular weight is 299 g/mol. The topological polar surface area (TPSA) is 65.1 Å². The first-order chi connectivity index (χ1) is 9.82. The van der Waals surface area contributed by atoms with E-state index in [2.05, 4.69) is 4.74 Å². The Bertz CT molecular complexity index is 414. The van der Waals surface area contributed by atoms with Crippen LogP contribution >= 0.6 is 0 Å². The lowest BCUT2D eigenvalue weighted by Gasteiger charge is -2.43. The summed E-state index contributed by atoms with van der Waals surface area (Å²) in [6, 6.07) is 0. The second-order valence-corrected chi connectivity index (χ2v) is 6.49. The summed E-state index contributed by atoms with van der Waals surface area (Å²) in [6.45, 7) is 5.91. The molecule has 1 spiro atoms. The van der Waals surface area contributed by atoms with E-state index in [1.807, 2.05) is 13.8 Å². The van der Waals surface area contributed by atoms with Crippen LogP contribution in [0, 0.1) is 0 Å². The molecule has 1 aliphatic heterocycles. The molecule has 1 aliphatic carbocycles. The molecule has 1 heterocycles. The Morgan fingerprint density at radius 1 is 1.19 bits per heavy atom. The van der Waals surface area contributed by atoms with Crippen LogP contribution in [-0.2, 0) is 19.0 Å². The van der Waals surface area contributed by atoms with Crippen molar-refractivity contribution in [2.75, 3.05) is 13.7 Å². The van der Waals surface area contributed by atoms with Crippen LogP contribution in [0.1, 0.15) is 52.9 Å². The van der Waals surface area contributed by atoms with Gasteiger partial charge in [-0.15, -0.1) is 0 Å². The SMILES string of the molecule is COC(=O)[C@@H](C)OC(=O)N1C(C)(C)COC12CCCCC2. The molecule has 2 aliphatic rings. The Hall–Kier alpha value is -1.30. The fourth-order valence-corrected chi connectivity index (χ4v) is 3.30. The fraction of sp³-hybridized carbons (Fsp3) is 0.867. The number of ether oxygens (including phenoxy) is 3. The van der Waals surface area contributed by atoms with E-state index in [9.17, 15) is 9.59 Å². The van der Waals surface area contributed by atoms with Crippen molar-refractivity contribution < 1.29 is 23.8 Å². The van der Waals surface area contributed by atoms with Crippen LogP contribution < -0.4 is 0 Å². The molecule has 120 valence electrons. The van der Waals surface area contributed by atoms with Gasteiger partial charge in [-0.25, -0.2) is 9.59 Å². The van der Waals surface area contributed by atoms with Gasteiger partial charge >= 0.3 is 12.1 Å². The number of carbonyl (C=O) groups excluding carboxylic acids is 2. The maximum atomic E-state index is 12.6. The van der Waals surface area contributed by atoms with Crippen molar-refractivity contribution in [1.82, 2.24) is 4.90 Å². The van der Waals surface area contributed by atoms with Gasteiger partial charge in [0.25, 0.3) is 0 Å². The van der Waals surface area contributed by atoms with E-state index >= 15 is 0 Å². The van der Waals surface area contributed by atoms with Gasteiger partial charge in [-0.1, -0.05) is 6.42 Å². The van der Waals surface area contributed by atoms with E-state index < -0.39 is 29.4 Å². The predicted molar refractivity (Wildman–Crippen MR) is 75.6 cm³/mol. The van der Waals surface area contributed by atoms with E-state index in [1.54, 1.807) is 4.90 Å². The summed E-state index contributed by atoms with van der Waals surface area (Å²) in [5, 5.41) is 0. The van der Waals surface area contributed by atoms with Gasteiger partial charge in [-0.05, 0) is 46.5 Å². The molecule has 0 aromatic heterocycles. The van der Waals surface area contributed by atoms with Crippen molar-refractivity contribution >= 4 is 12.1 Å². The molecular formula is C15H25NO5. The van der Waals surface area contributed by atoms with Crippen LogP contribution in [0.3, 0.4) is 0 Å². The zero-order valence-electron chi connectivity index (χ0n) is 13.3. The zero-order chi connectivity index (χ0) is 15.7. The second kappa shape index (κ2) is 5.83. The molecule has 2 fully saturated rings. The Kier molecular flexibility index (Phi) is 4.46. The van der Waals surface area contributed by atoms with E-state index in [0.717, 1.165) is 32.1 Å². The number of esters is 1. The van der Waals surface area contributed by atoms with Crippen molar-refractivity contribution in [2.24, 2.45) is 0 Å². The lowest BCUT2D eigenvalue weighted by atomic mass is 9.89. The minimum Gasteiger partial charge on any atom is -0.466 e. The molecule has 1 atom stereocenters. The third kappa shape index (κ3) is 3.00. The van der Waals surface area contributed by atoms with Crippen LogP contribution in [0.5, 0.6) is 0 Å². The number of methoxy groups -OCH3 is 1. The highest BCUT2D eigenvalue weighted by atomic mass is 16.6. The molecule has 0 bridgehead atoms. The summed E-state index contributed by atoms with van der Waals surface area (Å²) in [5.74, 6) is -0.557. The van der Waals surface area contributed by atoms with Gasteiger partial charge in [0.1, 0.15) is 5.72 Å². The van der Waals surface area contributed by atoms with E-state index in [1.165, 1.54) is 14.0 Å². The predicted octanol–water partition coefficient (Wildman–Crippen LogP) is 2.46. The Balaban J connectivity index is 2.16. The minimum atomic E-state index is -0.917. The van der Waals surface area contributed by atoms with Gasteiger partial charge < -0.3 is 14.2 Å². The molecule has 0 aromatic rings. The molecule has 0 unspecified atom stereocenters. The smallest absolute Gasteiger partial charge is 0.413 e. The summed E-state index contributed by atoms with van der Waals surface area (Å²) < 4.78 is 15.9. The first-order valence-electron chi connectivity index (χ1n) is 7.55. The van der Waals surface area contributed by atoms with E-state index in [4.69, 9.17) is 9.47 Å². The first kappa shape index (κ1) is 16.1. The highest BCUT2D eigenvalue weighted by molar-refractivity contribution is 5.79. The Labute approximate surface area is 125 Å². The summed E-state index contributed by atoms with van der Waals surface area (Å²) in [7, 11) is 1.28. The van der Waals surface area contributed by atoms with Crippen molar-refractivity contribution in [2.45, 2.75) is 70.2 Å². The molecule has 1 saturated heterocycles. The van der Waals surface area contributed by atoms with Crippen LogP contribution in [0.2, 0.25) is 0 Å². The maximum absolute atomic E-state index is 12.6. The van der Waals surface area contributed by atoms with Gasteiger partial charge in [-0.3, -0.25) is 4.90 Å². The van der Waals surface area contributed by atoms with Crippen molar-refractivity contribution in [1.29, 1.82) is 0 Å². The third-order valence-electron chi connectivity index (χ3n) is 4.34. The minimum absolute atomic E-state index is 0.440. The van der Waals surface area contributed by atoms with Crippen LogP contribution in [-0.4, -0.2) is 48.0 Å². The van der Waals surface area contributed by atoms with E-state index in [-0.39, 0.29) is 0 Å². The maximum Gasteiger partial charge on any atom is 0.413 e. The monoisotopic (exact) mass is 299 g/mol. The van der Waals surface area contributed by atoms with Crippen molar-refractivity contribution in [3.05, 3.63) is 0 Å². The third-order valence-corrected chi connectivity index (χ3v) is 4.34. The summed E-state index contributed by atoms with van der Waals surface area (Å²) in [5.41, 5.74) is -1.01. The number of rotatable bonds is 2. The molecule has 0 radical (unpaired) electrons. The van der Waals surface area contributed by atoms with Crippen LogP contribution in [0.4, 0.5) is 4.79 Å². The normalized spacial score (nSPS) is 24.7. The largest absolute Gasteiger partial charge is 0.466 e. The van der Waals surface area contributed by atoms with Gasteiger partial charge in [-0.2, -0.15) is 0 Å². The van der Waals surface area contributed by atoms with Crippen LogP contribution in [0.15, 0.2) is 0 Å². The number of hydrogen-bond donors (Lipinski definition) is 0. The highest BCUT2D eigenvalue weighted by Gasteiger charge is 2.55. The Morgan fingerprint density at radius 2 is 1.81 bits per heavy atom.